The van der Waals surface area contributed by atoms with Crippen molar-refractivity contribution in [2.24, 2.45) is 0 Å². The Labute approximate surface area is 203 Å². The van der Waals surface area contributed by atoms with Crippen molar-refractivity contribution < 1.29 is 9.53 Å². The van der Waals surface area contributed by atoms with Crippen LogP contribution < -0.4 is 0 Å². The van der Waals surface area contributed by atoms with Gasteiger partial charge in [-0.25, -0.2) is 4.98 Å². The molecule has 0 fully saturated rings. The molecular formula is C27H28N2O2S2. The number of nitrogens with zero attached hydrogens (tertiary/aromatic N) is 2. The third kappa shape index (κ3) is 5.13. The van der Waals surface area contributed by atoms with Gasteiger partial charge < -0.3 is 9.64 Å². The average Bonchev–Trinajstić information content (AvgIpc) is 3.26. The molecule has 2 heterocycles. The molecule has 0 N–H and O–H groups in total. The maximum Gasteiger partial charge on any atom is 0.264 e. The second kappa shape index (κ2) is 10.5. The number of amides is 1. The Morgan fingerprint density at radius 2 is 1.91 bits per heavy atom. The number of rotatable bonds is 8. The smallest absolute Gasteiger partial charge is 0.264 e. The zero-order chi connectivity index (χ0) is 23.4. The molecule has 0 aliphatic heterocycles. The molecule has 1 amide bonds. The standard InChI is InChI=1S/C27H28N2O2S2/c1-18-7-5-6-8-23(18)25-21(15-20-9-10-22(32-4)16-24(20)28-25)17-29(12-13-31-3)27(30)26-19(2)11-14-33-26/h5-11,14-16H,12-13,17H2,1-4H3. The van der Waals surface area contributed by atoms with Crippen LogP contribution in [0.25, 0.3) is 22.2 Å². The minimum atomic E-state index is 0.0353. The van der Waals surface area contributed by atoms with E-state index in [9.17, 15) is 4.79 Å². The number of thiophene rings is 1. The SMILES string of the molecule is COCCN(Cc1cc2ccc(SC)cc2nc1-c1ccccc1C)C(=O)c1sccc1C. The fourth-order valence-electron chi connectivity index (χ4n) is 3.90. The number of carbonyl (C=O) groups is 1. The lowest BCUT2D eigenvalue weighted by atomic mass is 9.99. The van der Waals surface area contributed by atoms with Crippen LogP contribution in [0.3, 0.4) is 0 Å². The third-order valence-electron chi connectivity index (χ3n) is 5.77. The highest BCUT2D eigenvalue weighted by molar-refractivity contribution is 7.98. The number of methoxy groups -OCH3 is 1. The lowest BCUT2D eigenvalue weighted by molar-refractivity contribution is 0.0685. The van der Waals surface area contributed by atoms with E-state index in [2.05, 4.69) is 49.6 Å². The van der Waals surface area contributed by atoms with E-state index in [0.29, 0.717) is 19.7 Å². The van der Waals surface area contributed by atoms with Gasteiger partial charge in [0, 0.05) is 36.0 Å². The van der Waals surface area contributed by atoms with Crippen LogP contribution in [0.4, 0.5) is 0 Å². The van der Waals surface area contributed by atoms with Crippen molar-refractivity contribution in [3.63, 3.8) is 0 Å². The highest BCUT2D eigenvalue weighted by atomic mass is 32.2. The predicted molar refractivity (Wildman–Crippen MR) is 139 cm³/mol. The summed E-state index contributed by atoms with van der Waals surface area (Å²) in [6.07, 6.45) is 2.07. The number of fused-ring (bicyclic) bond motifs is 1. The number of pyridine rings is 1. The lowest BCUT2D eigenvalue weighted by Gasteiger charge is -2.24. The summed E-state index contributed by atoms with van der Waals surface area (Å²) >= 11 is 3.20. The zero-order valence-electron chi connectivity index (χ0n) is 19.4. The topological polar surface area (TPSA) is 42.4 Å². The van der Waals surface area contributed by atoms with E-state index in [4.69, 9.17) is 9.72 Å². The summed E-state index contributed by atoms with van der Waals surface area (Å²) in [6.45, 7) is 5.55. The van der Waals surface area contributed by atoms with Crippen molar-refractivity contribution >= 4 is 39.9 Å². The maximum absolute atomic E-state index is 13.5. The lowest BCUT2D eigenvalue weighted by Crippen LogP contribution is -2.33. The quantitative estimate of drug-likeness (QED) is 0.269. The fraction of sp³-hybridized carbons (Fsp3) is 0.259. The van der Waals surface area contributed by atoms with E-state index in [0.717, 1.165) is 43.7 Å². The van der Waals surface area contributed by atoms with Crippen molar-refractivity contribution in [2.75, 3.05) is 26.5 Å². The van der Waals surface area contributed by atoms with Gasteiger partial charge in [-0.3, -0.25) is 4.79 Å². The van der Waals surface area contributed by atoms with Gasteiger partial charge in [-0.2, -0.15) is 0 Å². The van der Waals surface area contributed by atoms with Crippen LogP contribution in [-0.4, -0.2) is 42.3 Å². The van der Waals surface area contributed by atoms with Gasteiger partial charge in [-0.1, -0.05) is 30.3 Å². The molecule has 0 spiro atoms. The Hall–Kier alpha value is -2.67. The molecule has 2 aromatic heterocycles. The molecular weight excluding hydrogens is 448 g/mol. The summed E-state index contributed by atoms with van der Waals surface area (Å²) in [5, 5.41) is 3.04. The summed E-state index contributed by atoms with van der Waals surface area (Å²) in [6, 6.07) is 18.8. The van der Waals surface area contributed by atoms with Crippen molar-refractivity contribution in [1.29, 1.82) is 0 Å². The number of benzene rings is 2. The molecule has 0 saturated heterocycles. The van der Waals surface area contributed by atoms with Gasteiger partial charge >= 0.3 is 0 Å². The van der Waals surface area contributed by atoms with E-state index < -0.39 is 0 Å². The number of carbonyl (C=O) groups excluding carboxylic acids is 1. The summed E-state index contributed by atoms with van der Waals surface area (Å²) < 4.78 is 5.33. The molecule has 0 aliphatic carbocycles. The van der Waals surface area contributed by atoms with Gasteiger partial charge in [0.2, 0.25) is 0 Å². The zero-order valence-corrected chi connectivity index (χ0v) is 21.1. The first-order valence-electron chi connectivity index (χ1n) is 10.9. The predicted octanol–water partition coefficient (Wildman–Crippen LogP) is 6.59. The molecule has 0 radical (unpaired) electrons. The van der Waals surface area contributed by atoms with Crippen LogP contribution >= 0.6 is 23.1 Å². The van der Waals surface area contributed by atoms with Crippen LogP contribution in [0.15, 0.2) is 64.9 Å². The first-order chi connectivity index (χ1) is 16.0. The minimum Gasteiger partial charge on any atom is -0.383 e. The van der Waals surface area contributed by atoms with Crippen molar-refractivity contribution in [1.82, 2.24) is 9.88 Å². The molecule has 6 heteroatoms. The summed E-state index contributed by atoms with van der Waals surface area (Å²) in [5.74, 6) is 0.0353. The largest absolute Gasteiger partial charge is 0.383 e. The maximum atomic E-state index is 13.5. The Bertz CT molecular complexity index is 1280. The number of aromatic nitrogens is 1. The van der Waals surface area contributed by atoms with E-state index in [1.807, 2.05) is 35.4 Å². The molecule has 0 bridgehead atoms. The number of hydrogen-bond acceptors (Lipinski definition) is 5. The van der Waals surface area contributed by atoms with E-state index in [1.54, 1.807) is 18.9 Å². The number of thioether (sulfide) groups is 1. The fourth-order valence-corrected chi connectivity index (χ4v) is 5.23. The molecule has 4 nitrogen and oxygen atoms in total. The van der Waals surface area contributed by atoms with E-state index in [-0.39, 0.29) is 5.91 Å². The highest BCUT2D eigenvalue weighted by Crippen LogP contribution is 2.31. The average molecular weight is 477 g/mol. The van der Waals surface area contributed by atoms with Gasteiger partial charge in [-0.05, 0) is 66.4 Å². The van der Waals surface area contributed by atoms with Crippen LogP contribution in [0.2, 0.25) is 0 Å². The number of aryl methyl sites for hydroxylation is 2. The second-order valence-corrected chi connectivity index (χ2v) is 9.82. The van der Waals surface area contributed by atoms with Crippen molar-refractivity contribution in [2.45, 2.75) is 25.3 Å². The number of hydrogen-bond donors (Lipinski definition) is 0. The summed E-state index contributed by atoms with van der Waals surface area (Å²) in [4.78, 5) is 22.4. The van der Waals surface area contributed by atoms with Gasteiger partial charge in [0.25, 0.3) is 5.91 Å². The second-order valence-electron chi connectivity index (χ2n) is 8.02. The molecule has 0 unspecified atom stereocenters. The van der Waals surface area contributed by atoms with E-state index >= 15 is 0 Å². The van der Waals surface area contributed by atoms with Crippen LogP contribution in [0, 0.1) is 13.8 Å². The summed E-state index contributed by atoms with van der Waals surface area (Å²) in [7, 11) is 1.67. The Kier molecular flexibility index (Phi) is 7.48. The van der Waals surface area contributed by atoms with Crippen LogP contribution in [-0.2, 0) is 11.3 Å². The Balaban J connectivity index is 1.83. The van der Waals surface area contributed by atoms with Gasteiger partial charge in [0.1, 0.15) is 0 Å². The molecule has 4 rings (SSSR count). The molecule has 0 atom stereocenters. The van der Waals surface area contributed by atoms with Crippen LogP contribution in [0.1, 0.15) is 26.4 Å². The summed E-state index contributed by atoms with van der Waals surface area (Å²) in [5.41, 5.74) is 6.19. The van der Waals surface area contributed by atoms with E-state index in [1.165, 1.54) is 16.2 Å². The Morgan fingerprint density at radius 3 is 2.61 bits per heavy atom. The third-order valence-corrected chi connectivity index (χ3v) is 7.50. The first kappa shape index (κ1) is 23.5. The van der Waals surface area contributed by atoms with Gasteiger partial charge in [0.15, 0.2) is 0 Å². The monoisotopic (exact) mass is 476 g/mol. The molecule has 0 saturated carbocycles. The van der Waals surface area contributed by atoms with Crippen LogP contribution in [0.5, 0.6) is 0 Å². The first-order valence-corrected chi connectivity index (χ1v) is 13.0. The minimum absolute atomic E-state index is 0.0353. The Morgan fingerprint density at radius 1 is 1.09 bits per heavy atom. The molecule has 33 heavy (non-hydrogen) atoms. The molecule has 0 aliphatic rings. The van der Waals surface area contributed by atoms with Crippen molar-refractivity contribution in [3.8, 4) is 11.3 Å². The van der Waals surface area contributed by atoms with Gasteiger partial charge in [0.05, 0.1) is 22.7 Å². The normalized spacial score (nSPS) is 11.2. The molecule has 170 valence electrons. The molecule has 4 aromatic rings. The van der Waals surface area contributed by atoms with Gasteiger partial charge in [-0.15, -0.1) is 23.1 Å². The number of ether oxygens (including phenoxy) is 1. The molecule has 2 aromatic carbocycles. The highest BCUT2D eigenvalue weighted by Gasteiger charge is 2.22. The van der Waals surface area contributed by atoms with Crippen molar-refractivity contribution in [3.05, 3.63) is 81.5 Å².